The molecule has 4 aliphatic rings. The van der Waals surface area contributed by atoms with E-state index in [1.165, 1.54) is 4.90 Å². The summed E-state index contributed by atoms with van der Waals surface area (Å²) < 4.78 is 52.1. The number of halogens is 4. The molecule has 0 radical (unpaired) electrons. The molecule has 1 aliphatic carbocycles. The van der Waals surface area contributed by atoms with Crippen LogP contribution in [-0.2, 0) is 27.0 Å². The summed E-state index contributed by atoms with van der Waals surface area (Å²) in [5.74, 6) is -0.753. The number of carboxylic acids is 1. The third-order valence-electron chi connectivity index (χ3n) is 8.37. The Bertz CT molecular complexity index is 1070. The van der Waals surface area contributed by atoms with Gasteiger partial charge in [-0.2, -0.15) is 13.2 Å². The number of alkyl halides is 3. The second-order valence-electron chi connectivity index (χ2n) is 10.9. The van der Waals surface area contributed by atoms with E-state index >= 15 is 0 Å². The van der Waals surface area contributed by atoms with Crippen molar-refractivity contribution in [2.75, 3.05) is 39.5 Å². The summed E-state index contributed by atoms with van der Waals surface area (Å²) in [6, 6.07) is 2.23. The van der Waals surface area contributed by atoms with Gasteiger partial charge in [-0.05, 0) is 50.7 Å². The second kappa shape index (κ2) is 10.5. The van der Waals surface area contributed by atoms with E-state index in [2.05, 4.69) is 16.7 Å². The van der Waals surface area contributed by atoms with Gasteiger partial charge in [0.1, 0.15) is 11.4 Å². The number of nitrogens with zero attached hydrogens (tertiary/aromatic N) is 3. The first-order valence-electron chi connectivity index (χ1n) is 13.1. The molecule has 0 aromatic heterocycles. The Kier molecular flexibility index (Phi) is 7.58. The van der Waals surface area contributed by atoms with Gasteiger partial charge in [-0.15, -0.1) is 0 Å². The monoisotopic (exact) mass is 559 g/mol. The Morgan fingerprint density at radius 1 is 1.21 bits per heavy atom. The molecule has 5 rings (SSSR count). The summed E-state index contributed by atoms with van der Waals surface area (Å²) in [6.07, 6.45) is -1.35. The molecular weight excluding hydrogens is 527 g/mol. The minimum Gasteiger partial charge on any atom is -0.481 e. The van der Waals surface area contributed by atoms with Crippen LogP contribution in [0, 0.1) is 5.92 Å². The van der Waals surface area contributed by atoms with Gasteiger partial charge in [0.2, 0.25) is 0 Å². The lowest BCUT2D eigenvalue weighted by molar-refractivity contribution is -0.181. The first-order valence-corrected chi connectivity index (χ1v) is 13.5. The van der Waals surface area contributed by atoms with Gasteiger partial charge in [0, 0.05) is 43.8 Å². The molecule has 210 valence electrons. The van der Waals surface area contributed by atoms with Crippen LogP contribution < -0.4 is 4.74 Å². The summed E-state index contributed by atoms with van der Waals surface area (Å²) in [6.45, 7) is 5.31. The van der Waals surface area contributed by atoms with Crippen molar-refractivity contribution in [1.29, 1.82) is 0 Å². The van der Waals surface area contributed by atoms with Crippen LogP contribution in [-0.4, -0.2) is 88.9 Å². The first-order chi connectivity index (χ1) is 18.0. The van der Waals surface area contributed by atoms with Crippen molar-refractivity contribution in [1.82, 2.24) is 14.7 Å². The zero-order chi connectivity index (χ0) is 27.2. The van der Waals surface area contributed by atoms with Crippen molar-refractivity contribution in [2.45, 2.75) is 69.4 Å². The molecule has 3 heterocycles. The van der Waals surface area contributed by atoms with Crippen molar-refractivity contribution < 1.29 is 37.3 Å². The Balaban J connectivity index is 1.24. The Morgan fingerprint density at radius 2 is 1.97 bits per heavy atom. The number of carbonyl (C=O) groups excluding carboxylic acids is 1. The van der Waals surface area contributed by atoms with Crippen LogP contribution in [0.1, 0.15) is 50.2 Å². The van der Waals surface area contributed by atoms with Gasteiger partial charge in [-0.3, -0.25) is 19.4 Å². The molecule has 12 heteroatoms. The summed E-state index contributed by atoms with van der Waals surface area (Å²) in [4.78, 5) is 30.8. The number of hydrogen-bond acceptors (Lipinski definition) is 6. The van der Waals surface area contributed by atoms with Crippen molar-refractivity contribution in [2.24, 2.45) is 5.92 Å². The number of hydrogen-bond donors (Lipinski definition) is 1. The fourth-order valence-corrected chi connectivity index (χ4v) is 6.39. The number of aliphatic carboxylic acids is 1. The summed E-state index contributed by atoms with van der Waals surface area (Å²) in [7, 11) is 0. The molecule has 3 fully saturated rings. The summed E-state index contributed by atoms with van der Waals surface area (Å²) in [5, 5.41) is 8.87. The molecule has 1 saturated carbocycles. The van der Waals surface area contributed by atoms with Gasteiger partial charge >= 0.3 is 12.1 Å². The van der Waals surface area contributed by atoms with Crippen LogP contribution in [0.2, 0.25) is 5.02 Å². The van der Waals surface area contributed by atoms with Gasteiger partial charge < -0.3 is 19.5 Å². The molecule has 2 unspecified atom stereocenters. The molecule has 1 amide bonds. The quantitative estimate of drug-likeness (QED) is 0.567. The molecule has 8 nitrogen and oxygen atoms in total. The van der Waals surface area contributed by atoms with Crippen molar-refractivity contribution in [3.05, 3.63) is 28.3 Å². The Hall–Kier alpha value is -2.08. The van der Waals surface area contributed by atoms with E-state index in [1.807, 2.05) is 0 Å². The van der Waals surface area contributed by atoms with Crippen molar-refractivity contribution in [3.63, 3.8) is 0 Å². The first kappa shape index (κ1) is 27.5. The van der Waals surface area contributed by atoms with Crippen LogP contribution in [0.25, 0.3) is 0 Å². The predicted octanol–water partition coefficient (Wildman–Crippen LogP) is 3.85. The van der Waals surface area contributed by atoms with E-state index in [1.54, 1.807) is 0 Å². The maximum absolute atomic E-state index is 13.8. The van der Waals surface area contributed by atoms with E-state index in [0.29, 0.717) is 19.6 Å². The molecule has 1 aromatic rings. The zero-order valence-corrected chi connectivity index (χ0v) is 22.1. The Morgan fingerprint density at radius 3 is 2.58 bits per heavy atom. The molecule has 1 aromatic carbocycles. The number of carbonyl (C=O) groups is 2. The number of fused-ring (bicyclic) bond motifs is 1. The maximum atomic E-state index is 13.8. The number of amides is 1. The van der Waals surface area contributed by atoms with Crippen LogP contribution in [0.5, 0.6) is 5.75 Å². The van der Waals surface area contributed by atoms with Gasteiger partial charge in [0.05, 0.1) is 30.2 Å². The molecule has 38 heavy (non-hydrogen) atoms. The number of piperazine rings is 1. The fraction of sp³-hybridized carbons (Fsp3) is 0.692. The SMILES string of the molecule is CC1CN(C2CC[C@@](C(=O)N3COc4c(Cl)cc(C(F)(F)F)cc4C3)(C3CC3)OC2)CCN1CCC(=O)O. The molecule has 3 aliphatic heterocycles. The third-order valence-corrected chi connectivity index (χ3v) is 8.65. The minimum atomic E-state index is -4.55. The van der Waals surface area contributed by atoms with E-state index < -0.39 is 23.3 Å². The average molecular weight is 560 g/mol. The predicted molar refractivity (Wildman–Crippen MR) is 132 cm³/mol. The molecule has 1 N–H and O–H groups in total. The summed E-state index contributed by atoms with van der Waals surface area (Å²) >= 11 is 6.07. The molecule has 3 atom stereocenters. The molecule has 2 saturated heterocycles. The van der Waals surface area contributed by atoms with Gasteiger partial charge in [0.15, 0.2) is 6.73 Å². The number of benzene rings is 1. The third kappa shape index (κ3) is 5.48. The number of carboxylic acid groups (broad SMARTS) is 1. The van der Waals surface area contributed by atoms with Gasteiger partial charge in [-0.1, -0.05) is 11.6 Å². The fourth-order valence-electron chi connectivity index (χ4n) is 6.10. The lowest BCUT2D eigenvalue weighted by atomic mass is 9.85. The molecule has 0 spiro atoms. The van der Waals surface area contributed by atoms with E-state index in [9.17, 15) is 22.8 Å². The van der Waals surface area contributed by atoms with Gasteiger partial charge in [-0.25, -0.2) is 0 Å². The molecular formula is C26H33ClF3N3O5. The van der Waals surface area contributed by atoms with E-state index in [4.69, 9.17) is 26.2 Å². The zero-order valence-electron chi connectivity index (χ0n) is 21.3. The highest BCUT2D eigenvalue weighted by atomic mass is 35.5. The number of ether oxygens (including phenoxy) is 2. The highest BCUT2D eigenvalue weighted by Gasteiger charge is 2.56. The second-order valence-corrected chi connectivity index (χ2v) is 11.3. The van der Waals surface area contributed by atoms with Crippen molar-refractivity contribution >= 4 is 23.5 Å². The van der Waals surface area contributed by atoms with Crippen LogP contribution in [0.4, 0.5) is 13.2 Å². The topological polar surface area (TPSA) is 82.6 Å². The largest absolute Gasteiger partial charge is 0.481 e. The normalized spacial score (nSPS) is 29.0. The Labute approximate surface area is 224 Å². The van der Waals surface area contributed by atoms with Crippen LogP contribution >= 0.6 is 11.6 Å². The van der Waals surface area contributed by atoms with Gasteiger partial charge in [0.25, 0.3) is 5.91 Å². The van der Waals surface area contributed by atoms with E-state index in [0.717, 1.165) is 51.0 Å². The average Bonchev–Trinajstić information content (AvgIpc) is 3.73. The maximum Gasteiger partial charge on any atom is 0.416 e. The smallest absolute Gasteiger partial charge is 0.416 e. The van der Waals surface area contributed by atoms with Crippen LogP contribution in [0.15, 0.2) is 12.1 Å². The summed E-state index contributed by atoms with van der Waals surface area (Å²) in [5.41, 5.74) is -1.62. The molecule has 0 bridgehead atoms. The van der Waals surface area contributed by atoms with Crippen molar-refractivity contribution in [3.8, 4) is 5.75 Å². The lowest BCUT2D eigenvalue weighted by Gasteiger charge is -2.48. The highest BCUT2D eigenvalue weighted by molar-refractivity contribution is 6.32. The number of rotatable bonds is 6. The standard InChI is InChI=1S/C26H33ClF3N3O5/c1-16-12-32(9-8-31(16)7-5-22(34)35)20-4-6-25(38-14-20,18-2-3-18)24(36)33-13-17-10-19(26(28,29)30)11-21(27)23(17)37-15-33/h10-11,16,18,20H,2-9,12-15H2,1H3,(H,34,35)/t16?,20?,25-/m0/s1. The van der Waals surface area contributed by atoms with E-state index in [-0.39, 0.29) is 59.9 Å². The lowest BCUT2D eigenvalue weighted by Crippen LogP contribution is -2.61. The highest BCUT2D eigenvalue weighted by Crippen LogP contribution is 2.49. The minimum absolute atomic E-state index is 0.0190. The van der Waals surface area contributed by atoms with Crippen LogP contribution in [0.3, 0.4) is 0 Å².